The fourth-order valence-electron chi connectivity index (χ4n) is 1.80. The lowest BCUT2D eigenvalue weighted by Crippen LogP contribution is -2.31. The molecule has 2 N–H and O–H groups in total. The van der Waals surface area contributed by atoms with Crippen molar-refractivity contribution in [3.8, 4) is 11.5 Å². The SMILES string of the molecule is CNCc1cc(OC)ccc1OCCC(=O)NC(C)C. The van der Waals surface area contributed by atoms with E-state index < -0.39 is 0 Å². The van der Waals surface area contributed by atoms with E-state index in [1.165, 1.54) is 0 Å². The van der Waals surface area contributed by atoms with Crippen LogP contribution in [0.4, 0.5) is 0 Å². The van der Waals surface area contributed by atoms with Gasteiger partial charge in [0.1, 0.15) is 11.5 Å². The Balaban J connectivity index is 2.56. The van der Waals surface area contributed by atoms with E-state index in [0.29, 0.717) is 19.6 Å². The van der Waals surface area contributed by atoms with Crippen LogP contribution < -0.4 is 20.1 Å². The molecule has 0 aliphatic rings. The molecular weight excluding hydrogens is 256 g/mol. The highest BCUT2D eigenvalue weighted by Crippen LogP contribution is 2.24. The maximum atomic E-state index is 11.5. The molecule has 1 rings (SSSR count). The molecule has 0 saturated heterocycles. The van der Waals surface area contributed by atoms with Crippen LogP contribution >= 0.6 is 0 Å². The van der Waals surface area contributed by atoms with Gasteiger partial charge in [-0.3, -0.25) is 4.79 Å². The zero-order chi connectivity index (χ0) is 15.0. The van der Waals surface area contributed by atoms with Gasteiger partial charge in [0.25, 0.3) is 0 Å². The van der Waals surface area contributed by atoms with Crippen LogP contribution in [0.3, 0.4) is 0 Å². The van der Waals surface area contributed by atoms with E-state index in [4.69, 9.17) is 9.47 Å². The van der Waals surface area contributed by atoms with Crippen molar-refractivity contribution in [3.63, 3.8) is 0 Å². The van der Waals surface area contributed by atoms with Crippen molar-refractivity contribution in [1.29, 1.82) is 0 Å². The van der Waals surface area contributed by atoms with E-state index in [1.54, 1.807) is 7.11 Å². The summed E-state index contributed by atoms with van der Waals surface area (Å²) in [6.07, 6.45) is 0.350. The molecule has 0 saturated carbocycles. The van der Waals surface area contributed by atoms with Gasteiger partial charge in [0.2, 0.25) is 5.91 Å². The van der Waals surface area contributed by atoms with Crippen molar-refractivity contribution in [3.05, 3.63) is 23.8 Å². The highest BCUT2D eigenvalue weighted by Gasteiger charge is 2.07. The molecule has 0 atom stereocenters. The maximum absolute atomic E-state index is 11.5. The number of hydrogen-bond donors (Lipinski definition) is 2. The summed E-state index contributed by atoms with van der Waals surface area (Å²) in [6.45, 7) is 4.92. The first kappa shape index (κ1) is 16.3. The highest BCUT2D eigenvalue weighted by molar-refractivity contribution is 5.76. The van der Waals surface area contributed by atoms with Crippen LogP contribution in [0.2, 0.25) is 0 Å². The predicted molar refractivity (Wildman–Crippen MR) is 79.1 cm³/mol. The van der Waals surface area contributed by atoms with E-state index >= 15 is 0 Å². The van der Waals surface area contributed by atoms with Gasteiger partial charge in [-0.15, -0.1) is 0 Å². The summed E-state index contributed by atoms with van der Waals surface area (Å²) in [6, 6.07) is 5.80. The van der Waals surface area contributed by atoms with E-state index in [0.717, 1.165) is 17.1 Å². The first-order chi connectivity index (χ1) is 9.56. The van der Waals surface area contributed by atoms with Gasteiger partial charge in [0.15, 0.2) is 0 Å². The lowest BCUT2D eigenvalue weighted by Gasteiger charge is -2.13. The molecule has 0 unspecified atom stereocenters. The lowest BCUT2D eigenvalue weighted by molar-refractivity contribution is -0.122. The van der Waals surface area contributed by atoms with E-state index in [-0.39, 0.29) is 11.9 Å². The minimum atomic E-state index is 0.00341. The average Bonchev–Trinajstić information content (AvgIpc) is 2.39. The fraction of sp³-hybridized carbons (Fsp3) is 0.533. The van der Waals surface area contributed by atoms with Gasteiger partial charge < -0.3 is 20.1 Å². The smallest absolute Gasteiger partial charge is 0.223 e. The Morgan fingerprint density at radius 3 is 2.70 bits per heavy atom. The van der Waals surface area contributed by atoms with E-state index in [1.807, 2.05) is 39.1 Å². The Morgan fingerprint density at radius 1 is 1.35 bits per heavy atom. The van der Waals surface area contributed by atoms with Gasteiger partial charge in [-0.2, -0.15) is 0 Å². The molecule has 1 aromatic carbocycles. The Hall–Kier alpha value is -1.75. The summed E-state index contributed by atoms with van der Waals surface area (Å²) in [4.78, 5) is 11.5. The van der Waals surface area contributed by atoms with E-state index in [2.05, 4.69) is 10.6 Å². The van der Waals surface area contributed by atoms with Gasteiger partial charge in [-0.05, 0) is 39.1 Å². The van der Waals surface area contributed by atoms with Gasteiger partial charge in [-0.25, -0.2) is 0 Å². The molecule has 112 valence electrons. The van der Waals surface area contributed by atoms with Crippen molar-refractivity contribution in [2.24, 2.45) is 0 Å². The zero-order valence-electron chi connectivity index (χ0n) is 12.7. The Kier molecular flexibility index (Phi) is 6.87. The molecule has 0 bridgehead atoms. The second kappa shape index (κ2) is 8.43. The number of benzene rings is 1. The first-order valence-electron chi connectivity index (χ1n) is 6.80. The molecule has 5 heteroatoms. The molecule has 0 aliphatic carbocycles. The second-order valence-corrected chi connectivity index (χ2v) is 4.82. The van der Waals surface area contributed by atoms with Gasteiger partial charge >= 0.3 is 0 Å². The first-order valence-corrected chi connectivity index (χ1v) is 6.80. The topological polar surface area (TPSA) is 59.6 Å². The quantitative estimate of drug-likeness (QED) is 0.761. The van der Waals surface area contributed by atoms with Crippen molar-refractivity contribution in [2.75, 3.05) is 20.8 Å². The fourth-order valence-corrected chi connectivity index (χ4v) is 1.80. The third kappa shape index (κ3) is 5.48. The third-order valence-corrected chi connectivity index (χ3v) is 2.67. The van der Waals surface area contributed by atoms with Crippen LogP contribution in [0.5, 0.6) is 11.5 Å². The largest absolute Gasteiger partial charge is 0.497 e. The Labute approximate surface area is 120 Å². The molecule has 0 heterocycles. The molecule has 0 aliphatic heterocycles. The lowest BCUT2D eigenvalue weighted by atomic mass is 10.2. The number of amides is 1. The summed E-state index contributed by atoms with van der Waals surface area (Å²) < 4.78 is 10.9. The number of carbonyl (C=O) groups is 1. The predicted octanol–water partition coefficient (Wildman–Crippen LogP) is 1.71. The minimum Gasteiger partial charge on any atom is -0.497 e. The molecular formula is C15H24N2O3. The Morgan fingerprint density at radius 2 is 2.10 bits per heavy atom. The summed E-state index contributed by atoms with van der Waals surface area (Å²) in [5.74, 6) is 1.57. The average molecular weight is 280 g/mol. The van der Waals surface area contributed by atoms with Crippen molar-refractivity contribution in [2.45, 2.75) is 32.9 Å². The van der Waals surface area contributed by atoms with Crippen molar-refractivity contribution in [1.82, 2.24) is 10.6 Å². The zero-order valence-corrected chi connectivity index (χ0v) is 12.7. The van der Waals surface area contributed by atoms with Crippen LogP contribution in [-0.4, -0.2) is 32.7 Å². The van der Waals surface area contributed by atoms with Crippen LogP contribution in [0, 0.1) is 0 Å². The summed E-state index contributed by atoms with van der Waals surface area (Å²) in [5.41, 5.74) is 1.01. The maximum Gasteiger partial charge on any atom is 0.223 e. The second-order valence-electron chi connectivity index (χ2n) is 4.82. The molecule has 1 aromatic rings. The van der Waals surface area contributed by atoms with Gasteiger partial charge in [0.05, 0.1) is 20.1 Å². The summed E-state index contributed by atoms with van der Waals surface area (Å²) in [5, 5.41) is 5.92. The normalized spacial score (nSPS) is 10.4. The summed E-state index contributed by atoms with van der Waals surface area (Å²) >= 11 is 0. The number of hydrogen-bond acceptors (Lipinski definition) is 4. The number of ether oxygens (including phenoxy) is 2. The molecule has 0 spiro atoms. The molecule has 5 nitrogen and oxygen atoms in total. The molecule has 20 heavy (non-hydrogen) atoms. The highest BCUT2D eigenvalue weighted by atomic mass is 16.5. The molecule has 0 aromatic heterocycles. The van der Waals surface area contributed by atoms with E-state index in [9.17, 15) is 4.79 Å². The Bertz CT molecular complexity index is 433. The molecule has 1 amide bonds. The van der Waals surface area contributed by atoms with Crippen LogP contribution in [0.15, 0.2) is 18.2 Å². The summed E-state index contributed by atoms with van der Waals surface area (Å²) in [7, 11) is 3.51. The van der Waals surface area contributed by atoms with Gasteiger partial charge in [-0.1, -0.05) is 0 Å². The van der Waals surface area contributed by atoms with Gasteiger partial charge in [0, 0.05) is 18.2 Å². The number of rotatable bonds is 8. The number of methoxy groups -OCH3 is 1. The van der Waals surface area contributed by atoms with Crippen molar-refractivity contribution >= 4 is 5.91 Å². The standard InChI is InChI=1S/C15H24N2O3/c1-11(2)17-15(18)7-8-20-14-6-5-13(19-4)9-12(14)10-16-3/h5-6,9,11,16H,7-8,10H2,1-4H3,(H,17,18). The minimum absolute atomic E-state index is 0.00341. The molecule has 0 radical (unpaired) electrons. The van der Waals surface area contributed by atoms with Crippen LogP contribution in [-0.2, 0) is 11.3 Å². The monoisotopic (exact) mass is 280 g/mol. The van der Waals surface area contributed by atoms with Crippen LogP contribution in [0.25, 0.3) is 0 Å². The number of carbonyl (C=O) groups excluding carboxylic acids is 1. The van der Waals surface area contributed by atoms with Crippen molar-refractivity contribution < 1.29 is 14.3 Å². The number of nitrogens with one attached hydrogen (secondary N) is 2. The van der Waals surface area contributed by atoms with Crippen LogP contribution in [0.1, 0.15) is 25.8 Å². The molecule has 0 fully saturated rings. The third-order valence-electron chi connectivity index (χ3n) is 2.67.